The van der Waals surface area contributed by atoms with Gasteiger partial charge in [-0.25, -0.2) is 8.42 Å². The first-order valence-electron chi connectivity index (χ1n) is 7.24. The monoisotopic (exact) mass is 311 g/mol. The van der Waals surface area contributed by atoms with Crippen molar-refractivity contribution in [1.29, 1.82) is 0 Å². The van der Waals surface area contributed by atoms with Crippen molar-refractivity contribution in [1.82, 2.24) is 4.31 Å². The van der Waals surface area contributed by atoms with Crippen LogP contribution >= 0.6 is 0 Å². The molecule has 0 spiro atoms. The zero-order chi connectivity index (χ0) is 15.0. The molecule has 2 aliphatic rings. The smallest absolute Gasteiger partial charge is 0.211 e. The normalized spacial score (nSPS) is 28.8. The third-order valence-corrected chi connectivity index (χ3v) is 5.86. The van der Waals surface area contributed by atoms with Gasteiger partial charge in [0.1, 0.15) is 18.1 Å². The second-order valence-electron chi connectivity index (χ2n) is 5.88. The molecule has 3 atom stereocenters. The Hall–Kier alpha value is -1.27. The minimum atomic E-state index is -3.17. The van der Waals surface area contributed by atoms with E-state index < -0.39 is 10.0 Å². The highest BCUT2D eigenvalue weighted by atomic mass is 32.2. The van der Waals surface area contributed by atoms with Gasteiger partial charge in [0, 0.05) is 12.1 Å². The lowest BCUT2D eigenvalue weighted by atomic mass is 10.0. The highest BCUT2D eigenvalue weighted by molar-refractivity contribution is 7.88. The molecule has 2 unspecified atom stereocenters. The van der Waals surface area contributed by atoms with Gasteiger partial charge in [0.15, 0.2) is 0 Å². The number of piperidine rings is 1. The fraction of sp³-hybridized carbons (Fsp3) is 0.600. The fourth-order valence-corrected chi connectivity index (χ4v) is 5.11. The molecule has 1 aromatic carbocycles. The Balaban J connectivity index is 1.71. The van der Waals surface area contributed by atoms with Crippen molar-refractivity contribution in [2.24, 2.45) is 5.92 Å². The summed E-state index contributed by atoms with van der Waals surface area (Å²) in [6.07, 6.45) is 4.35. The van der Waals surface area contributed by atoms with E-state index in [2.05, 4.69) is 0 Å². The molecule has 21 heavy (non-hydrogen) atoms. The number of sulfonamides is 1. The van der Waals surface area contributed by atoms with Crippen molar-refractivity contribution in [2.45, 2.75) is 31.3 Å². The Labute approximate surface area is 125 Å². The summed E-state index contributed by atoms with van der Waals surface area (Å²) in [5.41, 5.74) is 0. The van der Waals surface area contributed by atoms with Crippen LogP contribution in [0.15, 0.2) is 24.3 Å². The molecule has 1 heterocycles. The van der Waals surface area contributed by atoms with E-state index in [0.717, 1.165) is 25.0 Å². The van der Waals surface area contributed by atoms with Crippen molar-refractivity contribution in [3.63, 3.8) is 0 Å². The number of benzene rings is 1. The molecule has 3 rings (SSSR count). The Bertz CT molecular complexity index is 616. The molecule has 1 saturated carbocycles. The first-order valence-corrected chi connectivity index (χ1v) is 9.09. The molecule has 0 radical (unpaired) electrons. The van der Waals surface area contributed by atoms with E-state index in [9.17, 15) is 8.42 Å². The first-order chi connectivity index (χ1) is 9.99. The summed E-state index contributed by atoms with van der Waals surface area (Å²) in [5, 5.41) is 0. The minimum absolute atomic E-state index is 0.0371. The molecule has 0 amide bonds. The maximum absolute atomic E-state index is 12.0. The second-order valence-corrected chi connectivity index (χ2v) is 7.76. The molecule has 1 aliphatic carbocycles. The van der Waals surface area contributed by atoms with Crippen molar-refractivity contribution < 1.29 is 17.9 Å². The SMILES string of the molecule is COc1cccc(OC[C@@H]2C3CCC(C3)N2S(C)(=O)=O)c1. The third-order valence-electron chi connectivity index (χ3n) is 4.52. The van der Waals surface area contributed by atoms with Gasteiger partial charge in [0.05, 0.1) is 19.4 Å². The predicted molar refractivity (Wildman–Crippen MR) is 80.1 cm³/mol. The summed E-state index contributed by atoms with van der Waals surface area (Å²) in [4.78, 5) is 0. The van der Waals surface area contributed by atoms with Gasteiger partial charge in [-0.1, -0.05) is 6.07 Å². The maximum atomic E-state index is 12.0. The van der Waals surface area contributed by atoms with E-state index in [1.807, 2.05) is 24.3 Å². The van der Waals surface area contributed by atoms with Crippen molar-refractivity contribution in [2.75, 3.05) is 20.0 Å². The van der Waals surface area contributed by atoms with Crippen LogP contribution < -0.4 is 9.47 Å². The summed E-state index contributed by atoms with van der Waals surface area (Å²) in [5.74, 6) is 1.88. The third kappa shape index (κ3) is 2.87. The zero-order valence-electron chi connectivity index (χ0n) is 12.4. The Morgan fingerprint density at radius 1 is 1.29 bits per heavy atom. The van der Waals surface area contributed by atoms with E-state index in [-0.39, 0.29) is 12.1 Å². The van der Waals surface area contributed by atoms with E-state index in [1.165, 1.54) is 6.26 Å². The van der Waals surface area contributed by atoms with Gasteiger partial charge in [-0.2, -0.15) is 4.31 Å². The number of hydrogen-bond donors (Lipinski definition) is 0. The molecule has 0 aromatic heterocycles. The molecule has 1 aromatic rings. The quantitative estimate of drug-likeness (QED) is 0.833. The Kier molecular flexibility index (Phi) is 3.84. The highest BCUT2D eigenvalue weighted by Gasteiger charge is 2.50. The van der Waals surface area contributed by atoms with Crippen LogP contribution in [0.25, 0.3) is 0 Å². The molecular weight excluding hydrogens is 290 g/mol. The van der Waals surface area contributed by atoms with Gasteiger partial charge < -0.3 is 9.47 Å². The van der Waals surface area contributed by atoms with Crippen LogP contribution in [0.3, 0.4) is 0 Å². The lowest BCUT2D eigenvalue weighted by molar-refractivity contribution is 0.163. The second kappa shape index (κ2) is 5.50. The zero-order valence-corrected chi connectivity index (χ0v) is 13.2. The topological polar surface area (TPSA) is 55.8 Å². The fourth-order valence-electron chi connectivity index (χ4n) is 3.65. The average molecular weight is 311 g/mol. The highest BCUT2D eigenvalue weighted by Crippen LogP contribution is 2.43. The molecule has 5 nitrogen and oxygen atoms in total. The van der Waals surface area contributed by atoms with Crippen LogP contribution in [0.1, 0.15) is 19.3 Å². The van der Waals surface area contributed by atoms with E-state index >= 15 is 0 Å². The number of hydrogen-bond acceptors (Lipinski definition) is 4. The van der Waals surface area contributed by atoms with Crippen LogP contribution in [0.4, 0.5) is 0 Å². The number of nitrogens with zero attached hydrogens (tertiary/aromatic N) is 1. The number of fused-ring (bicyclic) bond motifs is 2. The number of methoxy groups -OCH3 is 1. The minimum Gasteiger partial charge on any atom is -0.497 e. The van der Waals surface area contributed by atoms with Crippen molar-refractivity contribution >= 4 is 10.0 Å². The summed E-state index contributed by atoms with van der Waals surface area (Å²) in [6, 6.07) is 7.53. The van der Waals surface area contributed by atoms with Gasteiger partial charge in [-0.3, -0.25) is 0 Å². The summed E-state index contributed by atoms with van der Waals surface area (Å²) in [7, 11) is -1.56. The average Bonchev–Trinajstić information content (AvgIpc) is 3.05. The Morgan fingerprint density at radius 3 is 2.76 bits per heavy atom. The van der Waals surface area contributed by atoms with Crippen molar-refractivity contribution in [3.8, 4) is 11.5 Å². The molecule has 1 saturated heterocycles. The molecule has 2 bridgehead atoms. The van der Waals surface area contributed by atoms with Crippen LogP contribution in [-0.2, 0) is 10.0 Å². The summed E-state index contributed by atoms with van der Waals surface area (Å²) in [6.45, 7) is 0.404. The molecule has 1 aliphatic heterocycles. The van der Waals surface area contributed by atoms with Crippen LogP contribution in [-0.4, -0.2) is 44.8 Å². The number of rotatable bonds is 5. The predicted octanol–water partition coefficient (Wildman–Crippen LogP) is 1.89. The Morgan fingerprint density at radius 2 is 2.05 bits per heavy atom. The molecular formula is C15H21NO4S. The molecule has 116 valence electrons. The molecule has 0 N–H and O–H groups in total. The van der Waals surface area contributed by atoms with Crippen LogP contribution in [0.2, 0.25) is 0 Å². The standard InChI is InChI=1S/C15H21NO4S/c1-19-13-4-3-5-14(9-13)20-10-15-11-6-7-12(8-11)16(15)21(2,17)18/h3-5,9,11-12,15H,6-8,10H2,1-2H3/t11?,12?,15-/m1/s1. The lowest BCUT2D eigenvalue weighted by Crippen LogP contribution is -2.47. The maximum Gasteiger partial charge on any atom is 0.211 e. The van der Waals surface area contributed by atoms with Gasteiger partial charge in [-0.05, 0) is 37.3 Å². The number of ether oxygens (including phenoxy) is 2. The van der Waals surface area contributed by atoms with Crippen LogP contribution in [0.5, 0.6) is 11.5 Å². The van der Waals surface area contributed by atoms with Gasteiger partial charge >= 0.3 is 0 Å². The summed E-state index contributed by atoms with van der Waals surface area (Å²) < 4.78 is 36.6. The lowest BCUT2D eigenvalue weighted by Gasteiger charge is -2.33. The van der Waals surface area contributed by atoms with Gasteiger partial charge in [-0.15, -0.1) is 0 Å². The summed E-state index contributed by atoms with van der Waals surface area (Å²) >= 11 is 0. The van der Waals surface area contributed by atoms with E-state index in [0.29, 0.717) is 18.3 Å². The van der Waals surface area contributed by atoms with Gasteiger partial charge in [0.25, 0.3) is 0 Å². The molecule has 6 heteroatoms. The largest absolute Gasteiger partial charge is 0.497 e. The van der Waals surface area contributed by atoms with E-state index in [4.69, 9.17) is 9.47 Å². The van der Waals surface area contributed by atoms with Crippen LogP contribution in [0, 0.1) is 5.92 Å². The molecule has 2 fully saturated rings. The first kappa shape index (κ1) is 14.7. The van der Waals surface area contributed by atoms with Crippen molar-refractivity contribution in [3.05, 3.63) is 24.3 Å². The van der Waals surface area contributed by atoms with E-state index in [1.54, 1.807) is 11.4 Å². The van der Waals surface area contributed by atoms with Gasteiger partial charge in [0.2, 0.25) is 10.0 Å².